The number of nitrogens with one attached hydrogen (secondary N) is 1. The molecule has 0 heterocycles. The van der Waals surface area contributed by atoms with Crippen molar-refractivity contribution in [2.75, 3.05) is 6.54 Å². The van der Waals surface area contributed by atoms with Gasteiger partial charge in [-0.3, -0.25) is 0 Å². The van der Waals surface area contributed by atoms with Gasteiger partial charge in [0.25, 0.3) is 0 Å². The Balaban J connectivity index is 2.03. The molecule has 20 heavy (non-hydrogen) atoms. The number of ether oxygens (including phenoxy) is 1. The Hall–Kier alpha value is -1.07. The zero-order chi connectivity index (χ0) is 14.4. The van der Waals surface area contributed by atoms with E-state index >= 15 is 0 Å². The molecule has 0 aliphatic carbocycles. The molecule has 2 nitrogen and oxygen atoms in total. The van der Waals surface area contributed by atoms with Crippen LogP contribution in [0.3, 0.4) is 0 Å². The molecule has 0 aromatic heterocycles. The molecule has 0 aliphatic heterocycles. The van der Waals surface area contributed by atoms with Crippen LogP contribution in [-0.2, 0) is 6.54 Å². The monoisotopic (exact) mass is 381 g/mol. The van der Waals surface area contributed by atoms with Crippen LogP contribution >= 0.6 is 22.6 Å². The van der Waals surface area contributed by atoms with Crippen LogP contribution in [0.15, 0.2) is 42.5 Å². The lowest BCUT2D eigenvalue weighted by molar-refractivity contribution is 0.481. The van der Waals surface area contributed by atoms with Crippen LogP contribution in [0.2, 0.25) is 0 Å². The molecule has 0 fully saturated rings. The lowest BCUT2D eigenvalue weighted by Gasteiger charge is -2.10. The quantitative estimate of drug-likeness (QED) is 0.568. The smallest absolute Gasteiger partial charge is 0.127 e. The van der Waals surface area contributed by atoms with Crippen LogP contribution < -0.4 is 10.1 Å². The summed E-state index contributed by atoms with van der Waals surface area (Å²) in [6, 6.07) is 14.4. The van der Waals surface area contributed by atoms with E-state index in [1.807, 2.05) is 30.3 Å². The van der Waals surface area contributed by atoms with Gasteiger partial charge in [0.2, 0.25) is 0 Å². The highest BCUT2D eigenvalue weighted by atomic mass is 127. The van der Waals surface area contributed by atoms with Gasteiger partial charge in [0.15, 0.2) is 0 Å². The van der Waals surface area contributed by atoms with Crippen LogP contribution in [-0.4, -0.2) is 6.54 Å². The number of aryl methyl sites for hydroxylation is 1. The standard InChI is InChI=1S/C17H20INO/c1-3-10-19-12-14-4-7-17(11-13(14)2)20-16-8-5-15(18)6-9-16/h4-9,11,19H,3,10,12H2,1-2H3. The van der Waals surface area contributed by atoms with Gasteiger partial charge in [-0.1, -0.05) is 13.0 Å². The molecular weight excluding hydrogens is 361 g/mol. The van der Waals surface area contributed by atoms with Gasteiger partial charge in [0.1, 0.15) is 11.5 Å². The van der Waals surface area contributed by atoms with E-state index in [-0.39, 0.29) is 0 Å². The topological polar surface area (TPSA) is 21.3 Å². The van der Waals surface area contributed by atoms with Crippen molar-refractivity contribution in [1.82, 2.24) is 5.32 Å². The predicted molar refractivity (Wildman–Crippen MR) is 92.4 cm³/mol. The van der Waals surface area contributed by atoms with Gasteiger partial charge in [0.05, 0.1) is 0 Å². The summed E-state index contributed by atoms with van der Waals surface area (Å²) in [6.07, 6.45) is 1.16. The van der Waals surface area contributed by atoms with E-state index in [4.69, 9.17) is 4.74 Å². The molecule has 0 amide bonds. The zero-order valence-electron chi connectivity index (χ0n) is 11.9. The fourth-order valence-corrected chi connectivity index (χ4v) is 2.33. The van der Waals surface area contributed by atoms with Gasteiger partial charge in [-0.05, 0) is 90.0 Å². The van der Waals surface area contributed by atoms with Gasteiger partial charge in [-0.25, -0.2) is 0 Å². The Morgan fingerprint density at radius 2 is 1.75 bits per heavy atom. The van der Waals surface area contributed by atoms with E-state index in [1.54, 1.807) is 0 Å². The van der Waals surface area contributed by atoms with Crippen molar-refractivity contribution in [1.29, 1.82) is 0 Å². The highest BCUT2D eigenvalue weighted by Crippen LogP contribution is 2.24. The maximum absolute atomic E-state index is 5.87. The molecular formula is C17H20INO. The molecule has 1 N–H and O–H groups in total. The van der Waals surface area contributed by atoms with Crippen molar-refractivity contribution in [2.24, 2.45) is 0 Å². The van der Waals surface area contributed by atoms with E-state index in [9.17, 15) is 0 Å². The first-order chi connectivity index (χ1) is 9.69. The fraction of sp³-hybridized carbons (Fsp3) is 0.294. The molecule has 3 heteroatoms. The minimum Gasteiger partial charge on any atom is -0.457 e. The number of rotatable bonds is 6. The van der Waals surface area contributed by atoms with E-state index in [1.165, 1.54) is 14.7 Å². The highest BCUT2D eigenvalue weighted by molar-refractivity contribution is 14.1. The van der Waals surface area contributed by atoms with E-state index in [0.717, 1.165) is 31.0 Å². The molecule has 0 saturated carbocycles. The molecule has 0 aliphatic rings. The minimum absolute atomic E-state index is 0.877. The summed E-state index contributed by atoms with van der Waals surface area (Å²) in [7, 11) is 0. The van der Waals surface area contributed by atoms with Crippen molar-refractivity contribution in [3.63, 3.8) is 0 Å². The van der Waals surface area contributed by atoms with Crippen molar-refractivity contribution < 1.29 is 4.74 Å². The molecule has 0 spiro atoms. The molecule has 0 radical (unpaired) electrons. The number of hydrogen-bond donors (Lipinski definition) is 1. The summed E-state index contributed by atoms with van der Waals surface area (Å²) in [5, 5.41) is 3.43. The SMILES string of the molecule is CCCNCc1ccc(Oc2ccc(I)cc2)cc1C. The fourth-order valence-electron chi connectivity index (χ4n) is 1.97. The highest BCUT2D eigenvalue weighted by Gasteiger charge is 2.02. The molecule has 0 saturated heterocycles. The van der Waals surface area contributed by atoms with E-state index in [0.29, 0.717) is 0 Å². The van der Waals surface area contributed by atoms with Gasteiger partial charge < -0.3 is 10.1 Å². The van der Waals surface area contributed by atoms with Gasteiger partial charge in [-0.2, -0.15) is 0 Å². The molecule has 0 unspecified atom stereocenters. The third-order valence-electron chi connectivity index (χ3n) is 3.11. The number of benzene rings is 2. The molecule has 0 bridgehead atoms. The lowest BCUT2D eigenvalue weighted by atomic mass is 10.1. The average Bonchev–Trinajstić information content (AvgIpc) is 2.44. The first kappa shape index (κ1) is 15.3. The van der Waals surface area contributed by atoms with Gasteiger partial charge >= 0.3 is 0 Å². The third-order valence-corrected chi connectivity index (χ3v) is 3.82. The molecule has 2 rings (SSSR count). The average molecular weight is 381 g/mol. The van der Waals surface area contributed by atoms with Crippen LogP contribution in [0.25, 0.3) is 0 Å². The van der Waals surface area contributed by atoms with Crippen LogP contribution in [0, 0.1) is 10.5 Å². The Bertz CT molecular complexity index is 551. The third kappa shape index (κ3) is 4.49. The second kappa shape index (κ2) is 7.64. The summed E-state index contributed by atoms with van der Waals surface area (Å²) < 4.78 is 7.08. The largest absolute Gasteiger partial charge is 0.457 e. The lowest BCUT2D eigenvalue weighted by Crippen LogP contribution is -2.14. The summed E-state index contributed by atoms with van der Waals surface area (Å²) in [6.45, 7) is 6.28. The van der Waals surface area contributed by atoms with Crippen LogP contribution in [0.1, 0.15) is 24.5 Å². The molecule has 2 aromatic carbocycles. The van der Waals surface area contributed by atoms with Crippen molar-refractivity contribution in [3.8, 4) is 11.5 Å². The second-order valence-corrected chi connectivity index (χ2v) is 6.07. The van der Waals surface area contributed by atoms with Gasteiger partial charge in [-0.15, -0.1) is 0 Å². The Labute approximate surface area is 134 Å². The first-order valence-corrected chi connectivity index (χ1v) is 8.00. The Morgan fingerprint density at radius 3 is 2.40 bits per heavy atom. The second-order valence-electron chi connectivity index (χ2n) is 4.82. The summed E-state index contributed by atoms with van der Waals surface area (Å²) in [5.41, 5.74) is 2.59. The van der Waals surface area contributed by atoms with Crippen LogP contribution in [0.5, 0.6) is 11.5 Å². The Morgan fingerprint density at radius 1 is 1.05 bits per heavy atom. The normalized spacial score (nSPS) is 10.6. The van der Waals surface area contributed by atoms with Crippen LogP contribution in [0.4, 0.5) is 0 Å². The molecule has 106 valence electrons. The molecule has 0 atom stereocenters. The van der Waals surface area contributed by atoms with Crippen molar-refractivity contribution in [3.05, 3.63) is 57.2 Å². The van der Waals surface area contributed by atoms with Crippen molar-refractivity contribution in [2.45, 2.75) is 26.8 Å². The molecule has 2 aromatic rings. The number of halogens is 1. The minimum atomic E-state index is 0.877. The van der Waals surface area contributed by atoms with Gasteiger partial charge in [0, 0.05) is 10.1 Å². The zero-order valence-corrected chi connectivity index (χ0v) is 14.1. The summed E-state index contributed by atoms with van der Waals surface area (Å²) in [5.74, 6) is 1.77. The maximum Gasteiger partial charge on any atom is 0.127 e. The number of hydrogen-bond acceptors (Lipinski definition) is 2. The van der Waals surface area contributed by atoms with Crippen molar-refractivity contribution >= 4 is 22.6 Å². The first-order valence-electron chi connectivity index (χ1n) is 6.92. The maximum atomic E-state index is 5.87. The van der Waals surface area contributed by atoms with E-state index in [2.05, 4.69) is 53.9 Å². The predicted octanol–water partition coefficient (Wildman–Crippen LogP) is 4.89. The summed E-state index contributed by atoms with van der Waals surface area (Å²) >= 11 is 2.29. The Kier molecular flexibility index (Phi) is 5.86. The summed E-state index contributed by atoms with van der Waals surface area (Å²) in [4.78, 5) is 0. The van der Waals surface area contributed by atoms with E-state index < -0.39 is 0 Å².